The predicted molar refractivity (Wildman–Crippen MR) is 37.5 cm³/mol. The number of aliphatic carboxylic acids is 1. The van der Waals surface area contributed by atoms with Crippen LogP contribution in [0.1, 0.15) is 12.8 Å². The van der Waals surface area contributed by atoms with Crippen molar-refractivity contribution in [3.8, 4) is 0 Å². The van der Waals surface area contributed by atoms with Gasteiger partial charge in [0.05, 0.1) is 0 Å². The minimum absolute atomic E-state index is 0.533. The summed E-state index contributed by atoms with van der Waals surface area (Å²) < 4.78 is 0. The number of carboxylic acids is 1. The second kappa shape index (κ2) is 2.84. The van der Waals surface area contributed by atoms with E-state index in [9.17, 15) is 4.79 Å². The fourth-order valence-electron chi connectivity index (χ4n) is 1.14. The molecule has 3 nitrogen and oxygen atoms in total. The molecule has 0 aromatic carbocycles. The van der Waals surface area contributed by atoms with Crippen molar-refractivity contribution in [1.82, 2.24) is 0 Å². The summed E-state index contributed by atoms with van der Waals surface area (Å²) in [6, 6.07) is 0. The van der Waals surface area contributed by atoms with Gasteiger partial charge in [0.15, 0.2) is 0 Å². The van der Waals surface area contributed by atoms with Gasteiger partial charge in [-0.15, -0.1) is 0 Å². The van der Waals surface area contributed by atoms with Crippen molar-refractivity contribution in [2.45, 2.75) is 12.8 Å². The fourth-order valence-corrected chi connectivity index (χ4v) is 1.14. The summed E-state index contributed by atoms with van der Waals surface area (Å²) in [7, 11) is 0. The molecule has 1 saturated carbocycles. The first-order valence-electron chi connectivity index (χ1n) is 3.35. The second-order valence-electron chi connectivity index (χ2n) is 2.65. The molecule has 1 fully saturated rings. The van der Waals surface area contributed by atoms with Crippen LogP contribution in [0.25, 0.3) is 0 Å². The zero-order chi connectivity index (χ0) is 7.56. The number of rotatable bonds is 2. The van der Waals surface area contributed by atoms with E-state index in [1.807, 2.05) is 0 Å². The topological polar surface area (TPSA) is 63.3 Å². The summed E-state index contributed by atoms with van der Waals surface area (Å²) in [6.45, 7) is 0.678. The van der Waals surface area contributed by atoms with E-state index in [1.54, 1.807) is 0 Å². The van der Waals surface area contributed by atoms with Crippen molar-refractivity contribution in [1.29, 1.82) is 0 Å². The van der Waals surface area contributed by atoms with Crippen LogP contribution in [0.3, 0.4) is 0 Å². The number of allylic oxidation sites excluding steroid dienone is 1. The van der Waals surface area contributed by atoms with Crippen molar-refractivity contribution in [2.75, 3.05) is 6.54 Å². The molecule has 0 atom stereocenters. The van der Waals surface area contributed by atoms with Crippen LogP contribution in [0.15, 0.2) is 11.6 Å². The van der Waals surface area contributed by atoms with E-state index in [-0.39, 0.29) is 0 Å². The highest BCUT2D eigenvalue weighted by Gasteiger charge is 2.21. The Hall–Kier alpha value is -0.830. The standard InChI is InChI=1S/C7H11NO2/c8-4-6-1-5(2-6)3-7(9)10/h3,6H,1-2,4,8H2,(H,9,10). The molecule has 3 N–H and O–H groups in total. The minimum Gasteiger partial charge on any atom is -0.478 e. The third-order valence-corrected chi connectivity index (χ3v) is 1.76. The van der Waals surface area contributed by atoms with Gasteiger partial charge in [-0.2, -0.15) is 0 Å². The van der Waals surface area contributed by atoms with E-state index < -0.39 is 5.97 Å². The molecule has 0 heterocycles. The quantitative estimate of drug-likeness (QED) is 0.546. The summed E-state index contributed by atoms with van der Waals surface area (Å²) >= 11 is 0. The maximum absolute atomic E-state index is 10.1. The lowest BCUT2D eigenvalue weighted by Gasteiger charge is -2.27. The summed E-state index contributed by atoms with van der Waals surface area (Å²) in [5.74, 6) is -0.309. The Morgan fingerprint density at radius 3 is 2.80 bits per heavy atom. The molecule has 0 bridgehead atoms. The molecule has 0 aliphatic heterocycles. The van der Waals surface area contributed by atoms with Crippen LogP contribution in [-0.4, -0.2) is 17.6 Å². The maximum atomic E-state index is 10.1. The third kappa shape index (κ3) is 1.57. The van der Waals surface area contributed by atoms with Gasteiger partial charge in [0.25, 0.3) is 0 Å². The van der Waals surface area contributed by atoms with Crippen LogP contribution < -0.4 is 5.73 Å². The lowest BCUT2D eigenvalue weighted by atomic mass is 9.80. The van der Waals surface area contributed by atoms with E-state index in [0.717, 1.165) is 18.4 Å². The third-order valence-electron chi connectivity index (χ3n) is 1.76. The van der Waals surface area contributed by atoms with Gasteiger partial charge in [-0.3, -0.25) is 0 Å². The summed E-state index contributed by atoms with van der Waals surface area (Å²) in [5, 5.41) is 8.30. The lowest BCUT2D eigenvalue weighted by Crippen LogP contribution is -2.24. The monoisotopic (exact) mass is 141 g/mol. The fraction of sp³-hybridized carbons (Fsp3) is 0.571. The Labute approximate surface area is 59.5 Å². The molecule has 0 amide bonds. The van der Waals surface area contributed by atoms with Gasteiger partial charge in [0.2, 0.25) is 0 Å². The van der Waals surface area contributed by atoms with Gasteiger partial charge >= 0.3 is 5.97 Å². The maximum Gasteiger partial charge on any atom is 0.328 e. The molecular weight excluding hydrogens is 130 g/mol. The van der Waals surface area contributed by atoms with Crippen LogP contribution in [0.5, 0.6) is 0 Å². The van der Waals surface area contributed by atoms with Crippen molar-refractivity contribution in [3.05, 3.63) is 11.6 Å². The van der Waals surface area contributed by atoms with Gasteiger partial charge in [-0.05, 0) is 25.3 Å². The van der Waals surface area contributed by atoms with Crippen molar-refractivity contribution in [2.24, 2.45) is 11.7 Å². The number of nitrogens with two attached hydrogens (primary N) is 1. The molecule has 0 aromatic rings. The Kier molecular flexibility index (Phi) is 2.06. The largest absolute Gasteiger partial charge is 0.478 e. The molecule has 56 valence electrons. The van der Waals surface area contributed by atoms with Crippen molar-refractivity contribution >= 4 is 5.97 Å². The van der Waals surface area contributed by atoms with E-state index in [4.69, 9.17) is 10.8 Å². The first-order chi connectivity index (χ1) is 4.72. The average Bonchev–Trinajstić information content (AvgIpc) is 1.76. The number of hydrogen-bond donors (Lipinski definition) is 2. The summed E-state index contributed by atoms with van der Waals surface area (Å²) in [6.07, 6.45) is 3.04. The SMILES string of the molecule is NCC1CC(=CC(=O)O)C1. The first-order valence-corrected chi connectivity index (χ1v) is 3.35. The first kappa shape index (κ1) is 7.28. The molecule has 10 heavy (non-hydrogen) atoms. The van der Waals surface area contributed by atoms with Gasteiger partial charge in [0, 0.05) is 6.08 Å². The average molecular weight is 141 g/mol. The highest BCUT2D eigenvalue weighted by molar-refractivity contribution is 5.80. The number of carboxylic acid groups (broad SMARTS) is 1. The predicted octanol–water partition coefficient (Wildman–Crippen LogP) is 0.366. The Morgan fingerprint density at radius 2 is 2.40 bits per heavy atom. The zero-order valence-electron chi connectivity index (χ0n) is 5.71. The van der Waals surface area contributed by atoms with E-state index in [2.05, 4.69) is 0 Å². The molecule has 0 radical (unpaired) electrons. The second-order valence-corrected chi connectivity index (χ2v) is 2.65. The van der Waals surface area contributed by atoms with Crippen molar-refractivity contribution in [3.63, 3.8) is 0 Å². The molecular formula is C7H11NO2. The molecule has 0 saturated heterocycles. The zero-order valence-corrected chi connectivity index (χ0v) is 5.71. The summed E-state index contributed by atoms with van der Waals surface area (Å²) in [4.78, 5) is 10.1. The number of hydrogen-bond acceptors (Lipinski definition) is 2. The molecule has 1 aliphatic rings. The van der Waals surface area contributed by atoms with E-state index >= 15 is 0 Å². The Balaban J connectivity index is 2.31. The molecule has 1 aliphatic carbocycles. The van der Waals surface area contributed by atoms with Gasteiger partial charge in [0.1, 0.15) is 0 Å². The van der Waals surface area contributed by atoms with Crippen LogP contribution in [0.2, 0.25) is 0 Å². The Morgan fingerprint density at radius 1 is 1.80 bits per heavy atom. The van der Waals surface area contributed by atoms with Crippen LogP contribution in [-0.2, 0) is 4.79 Å². The smallest absolute Gasteiger partial charge is 0.328 e. The highest BCUT2D eigenvalue weighted by Crippen LogP contribution is 2.31. The van der Waals surface area contributed by atoms with E-state index in [1.165, 1.54) is 6.08 Å². The number of carbonyl (C=O) groups is 1. The van der Waals surface area contributed by atoms with Gasteiger partial charge in [-0.25, -0.2) is 4.79 Å². The molecule has 0 unspecified atom stereocenters. The molecule has 1 rings (SSSR count). The summed E-state index contributed by atoms with van der Waals surface area (Å²) in [5.41, 5.74) is 6.37. The van der Waals surface area contributed by atoms with Crippen LogP contribution in [0, 0.1) is 5.92 Å². The van der Waals surface area contributed by atoms with Gasteiger partial charge < -0.3 is 10.8 Å². The van der Waals surface area contributed by atoms with Gasteiger partial charge in [-0.1, -0.05) is 5.57 Å². The van der Waals surface area contributed by atoms with E-state index in [0.29, 0.717) is 12.5 Å². The minimum atomic E-state index is -0.842. The normalized spacial score (nSPS) is 23.7. The highest BCUT2D eigenvalue weighted by atomic mass is 16.4. The molecule has 0 spiro atoms. The van der Waals surface area contributed by atoms with Crippen LogP contribution in [0.4, 0.5) is 0 Å². The lowest BCUT2D eigenvalue weighted by molar-refractivity contribution is -0.131. The Bertz CT molecular complexity index is 166. The van der Waals surface area contributed by atoms with Crippen molar-refractivity contribution < 1.29 is 9.90 Å². The molecule has 0 aromatic heterocycles. The van der Waals surface area contributed by atoms with Crippen LogP contribution >= 0.6 is 0 Å². The molecule has 3 heteroatoms.